The van der Waals surface area contributed by atoms with E-state index in [9.17, 15) is 0 Å². The van der Waals surface area contributed by atoms with Crippen LogP contribution in [-0.2, 0) is 13.1 Å². The zero-order chi connectivity index (χ0) is 13.7. The van der Waals surface area contributed by atoms with Crippen molar-refractivity contribution in [3.63, 3.8) is 0 Å². The topological polar surface area (TPSA) is 17.0 Å². The van der Waals surface area contributed by atoms with Gasteiger partial charge in [-0.3, -0.25) is 0 Å². The molecule has 2 heteroatoms. The van der Waals surface area contributed by atoms with Gasteiger partial charge in [-0.2, -0.15) is 0 Å². The number of nitrogens with zero attached hydrogens (tertiary/aromatic N) is 1. The van der Waals surface area contributed by atoms with Gasteiger partial charge in [-0.25, -0.2) is 0 Å². The van der Waals surface area contributed by atoms with E-state index in [1.165, 1.54) is 29.3 Å². The molecule has 1 aromatic heterocycles. The van der Waals surface area contributed by atoms with Crippen LogP contribution in [0.5, 0.6) is 0 Å². The zero-order valence-corrected chi connectivity index (χ0v) is 12.4. The van der Waals surface area contributed by atoms with Gasteiger partial charge < -0.3 is 9.88 Å². The molecule has 0 saturated heterocycles. The van der Waals surface area contributed by atoms with Crippen molar-refractivity contribution in [2.45, 2.75) is 46.7 Å². The molecule has 0 aliphatic carbocycles. The number of hydrogen-bond acceptors (Lipinski definition) is 1. The minimum atomic E-state index is 0.780. The predicted molar refractivity (Wildman–Crippen MR) is 83.4 cm³/mol. The minimum absolute atomic E-state index is 0.780. The summed E-state index contributed by atoms with van der Waals surface area (Å²) in [5.74, 6) is 0.780. The van der Waals surface area contributed by atoms with Gasteiger partial charge in [0.05, 0.1) is 5.52 Å². The van der Waals surface area contributed by atoms with Gasteiger partial charge in [0.1, 0.15) is 0 Å². The molecular formula is C17H26N2. The fourth-order valence-electron chi connectivity index (χ4n) is 2.72. The normalized spacial score (nSPS) is 11.6. The molecule has 1 heterocycles. The molecule has 2 aromatic rings. The first kappa shape index (κ1) is 14.1. The highest BCUT2D eigenvalue weighted by Gasteiger charge is 2.10. The molecule has 104 valence electrons. The fraction of sp³-hybridized carbons (Fsp3) is 0.529. The lowest BCUT2D eigenvalue weighted by molar-refractivity contribution is 0.425. The Balaban J connectivity index is 2.33. The molecule has 0 amide bonds. The molecule has 1 aromatic carbocycles. The summed E-state index contributed by atoms with van der Waals surface area (Å²) >= 11 is 0. The van der Waals surface area contributed by atoms with Gasteiger partial charge in [0, 0.05) is 19.3 Å². The van der Waals surface area contributed by atoms with E-state index >= 15 is 0 Å². The highest BCUT2D eigenvalue weighted by Crippen LogP contribution is 2.23. The third-order valence-corrected chi connectivity index (χ3v) is 4.05. The Morgan fingerprint density at radius 2 is 1.89 bits per heavy atom. The Hall–Kier alpha value is -1.28. The summed E-state index contributed by atoms with van der Waals surface area (Å²) in [6.07, 6.45) is 4.76. The smallest absolute Gasteiger partial charge is 0.0525 e. The Morgan fingerprint density at radius 1 is 1.11 bits per heavy atom. The van der Waals surface area contributed by atoms with Crippen LogP contribution in [0.2, 0.25) is 0 Å². The molecule has 2 nitrogen and oxygen atoms in total. The first-order valence-electron chi connectivity index (χ1n) is 7.57. The van der Waals surface area contributed by atoms with Crippen molar-refractivity contribution in [3.05, 3.63) is 36.0 Å². The standard InChI is InChI=1S/C17H26N2/c1-4-14(5-2)13-19-11-10-15-8-7-9-16(17(15)19)12-18-6-3/h7-11,14,18H,4-6,12-13H2,1-3H3. The highest BCUT2D eigenvalue weighted by molar-refractivity contribution is 5.83. The summed E-state index contributed by atoms with van der Waals surface area (Å²) in [5, 5.41) is 4.80. The van der Waals surface area contributed by atoms with Gasteiger partial charge in [0.25, 0.3) is 0 Å². The van der Waals surface area contributed by atoms with Gasteiger partial charge >= 0.3 is 0 Å². The van der Waals surface area contributed by atoms with Crippen molar-refractivity contribution in [3.8, 4) is 0 Å². The summed E-state index contributed by atoms with van der Waals surface area (Å²) in [5.41, 5.74) is 2.82. The molecule has 0 aliphatic heterocycles. The maximum atomic E-state index is 3.44. The number of benzene rings is 1. The largest absolute Gasteiger partial charge is 0.347 e. The third-order valence-electron chi connectivity index (χ3n) is 4.05. The molecule has 19 heavy (non-hydrogen) atoms. The van der Waals surface area contributed by atoms with E-state index in [2.05, 4.69) is 61.1 Å². The number of hydrogen-bond donors (Lipinski definition) is 1. The van der Waals surface area contributed by atoms with Crippen LogP contribution < -0.4 is 5.32 Å². The average molecular weight is 258 g/mol. The molecule has 0 radical (unpaired) electrons. The second kappa shape index (κ2) is 6.76. The Bertz CT molecular complexity index is 509. The molecule has 0 unspecified atom stereocenters. The monoisotopic (exact) mass is 258 g/mol. The van der Waals surface area contributed by atoms with Crippen molar-refractivity contribution < 1.29 is 0 Å². The second-order valence-corrected chi connectivity index (χ2v) is 5.29. The first-order valence-corrected chi connectivity index (χ1v) is 7.57. The van der Waals surface area contributed by atoms with Crippen LogP contribution in [0.25, 0.3) is 10.9 Å². The summed E-state index contributed by atoms with van der Waals surface area (Å²) < 4.78 is 2.44. The van der Waals surface area contributed by atoms with Gasteiger partial charge in [0.2, 0.25) is 0 Å². The van der Waals surface area contributed by atoms with Crippen molar-refractivity contribution in [1.82, 2.24) is 9.88 Å². The molecule has 2 rings (SSSR count). The molecule has 0 fully saturated rings. The zero-order valence-electron chi connectivity index (χ0n) is 12.4. The van der Waals surface area contributed by atoms with E-state index in [4.69, 9.17) is 0 Å². The molecule has 0 spiro atoms. The fourth-order valence-corrected chi connectivity index (χ4v) is 2.72. The highest BCUT2D eigenvalue weighted by atomic mass is 15.0. The number of rotatable bonds is 7. The van der Waals surface area contributed by atoms with Gasteiger partial charge in [-0.05, 0) is 29.5 Å². The molecule has 0 saturated carbocycles. The Kier molecular flexibility index (Phi) is 5.03. The average Bonchev–Trinajstić information content (AvgIpc) is 2.86. The Labute approximate surface area is 116 Å². The minimum Gasteiger partial charge on any atom is -0.347 e. The van der Waals surface area contributed by atoms with E-state index < -0.39 is 0 Å². The number of fused-ring (bicyclic) bond motifs is 1. The predicted octanol–water partition coefficient (Wildman–Crippen LogP) is 4.19. The van der Waals surface area contributed by atoms with Crippen LogP contribution in [0.3, 0.4) is 0 Å². The van der Waals surface area contributed by atoms with E-state index in [0.29, 0.717) is 0 Å². The van der Waals surface area contributed by atoms with E-state index in [1.54, 1.807) is 0 Å². The van der Waals surface area contributed by atoms with Crippen LogP contribution in [0.15, 0.2) is 30.5 Å². The molecular weight excluding hydrogens is 232 g/mol. The van der Waals surface area contributed by atoms with Gasteiger partial charge in [-0.15, -0.1) is 0 Å². The second-order valence-electron chi connectivity index (χ2n) is 5.29. The summed E-state index contributed by atoms with van der Waals surface area (Å²) in [7, 11) is 0. The van der Waals surface area contributed by atoms with Gasteiger partial charge in [-0.1, -0.05) is 51.8 Å². The van der Waals surface area contributed by atoms with Crippen LogP contribution in [0.1, 0.15) is 39.2 Å². The lowest BCUT2D eigenvalue weighted by Gasteiger charge is -2.16. The van der Waals surface area contributed by atoms with Crippen LogP contribution in [0, 0.1) is 5.92 Å². The van der Waals surface area contributed by atoms with Crippen molar-refractivity contribution in [1.29, 1.82) is 0 Å². The summed E-state index contributed by atoms with van der Waals surface area (Å²) in [6.45, 7) is 9.85. The van der Waals surface area contributed by atoms with E-state index in [-0.39, 0.29) is 0 Å². The SMILES string of the molecule is CCNCc1cccc2ccn(CC(CC)CC)c12. The third kappa shape index (κ3) is 3.19. The Morgan fingerprint density at radius 3 is 2.58 bits per heavy atom. The maximum absolute atomic E-state index is 3.44. The van der Waals surface area contributed by atoms with Crippen molar-refractivity contribution in [2.24, 2.45) is 5.92 Å². The van der Waals surface area contributed by atoms with Crippen LogP contribution >= 0.6 is 0 Å². The number of nitrogens with one attached hydrogen (secondary N) is 1. The van der Waals surface area contributed by atoms with Crippen LogP contribution in [-0.4, -0.2) is 11.1 Å². The summed E-state index contributed by atoms with van der Waals surface area (Å²) in [4.78, 5) is 0. The molecule has 0 aliphatic rings. The summed E-state index contributed by atoms with van der Waals surface area (Å²) in [6, 6.07) is 8.87. The first-order chi connectivity index (χ1) is 9.30. The van der Waals surface area contributed by atoms with Gasteiger partial charge in [0.15, 0.2) is 0 Å². The quantitative estimate of drug-likeness (QED) is 0.788. The molecule has 0 bridgehead atoms. The van der Waals surface area contributed by atoms with Crippen molar-refractivity contribution in [2.75, 3.05) is 6.54 Å². The lowest BCUT2D eigenvalue weighted by Crippen LogP contribution is -2.14. The molecule has 1 N–H and O–H groups in total. The van der Waals surface area contributed by atoms with Crippen LogP contribution in [0.4, 0.5) is 0 Å². The van der Waals surface area contributed by atoms with E-state index in [0.717, 1.165) is 25.6 Å². The van der Waals surface area contributed by atoms with E-state index in [1.807, 2.05) is 0 Å². The maximum Gasteiger partial charge on any atom is 0.0525 e. The lowest BCUT2D eigenvalue weighted by atomic mass is 10.0. The van der Waals surface area contributed by atoms with Crippen molar-refractivity contribution >= 4 is 10.9 Å². The number of para-hydroxylation sites is 1. The molecule has 0 atom stereocenters. The number of aromatic nitrogens is 1.